The summed E-state index contributed by atoms with van der Waals surface area (Å²) in [5.74, 6) is -0.151. The van der Waals surface area contributed by atoms with Crippen LogP contribution in [0.3, 0.4) is 0 Å². The molecule has 0 aliphatic carbocycles. The van der Waals surface area contributed by atoms with Gasteiger partial charge in [0.05, 0.1) is 6.61 Å². The molecule has 1 unspecified atom stereocenters. The quantitative estimate of drug-likeness (QED) is 0.835. The van der Waals surface area contributed by atoms with Gasteiger partial charge in [0.15, 0.2) is 5.78 Å². The highest BCUT2D eigenvalue weighted by Crippen LogP contribution is 2.24. The molecule has 0 saturated heterocycles. The van der Waals surface area contributed by atoms with Crippen LogP contribution in [0.5, 0.6) is 0 Å². The lowest BCUT2D eigenvalue weighted by Crippen LogP contribution is -2.24. The number of ketones is 1. The number of Topliss-reactive ketones (excluding diaryl/α,β-unsaturated/α-hetero) is 1. The van der Waals surface area contributed by atoms with Crippen molar-refractivity contribution in [2.75, 3.05) is 6.61 Å². The van der Waals surface area contributed by atoms with Crippen molar-refractivity contribution in [2.24, 2.45) is 11.8 Å². The second-order valence-corrected chi connectivity index (χ2v) is 4.92. The van der Waals surface area contributed by atoms with Gasteiger partial charge in [0.2, 0.25) is 0 Å². The predicted molar refractivity (Wildman–Crippen MR) is 73.7 cm³/mol. The van der Waals surface area contributed by atoms with E-state index in [0.717, 1.165) is 10.8 Å². The molecule has 0 saturated carbocycles. The molecule has 2 heteroatoms. The fourth-order valence-corrected chi connectivity index (χ4v) is 2.24. The maximum Gasteiger partial charge on any atom is 0.169 e. The third kappa shape index (κ3) is 2.29. The van der Waals surface area contributed by atoms with Crippen LogP contribution in [0.25, 0.3) is 10.8 Å². The fourth-order valence-electron chi connectivity index (χ4n) is 2.24. The van der Waals surface area contributed by atoms with E-state index >= 15 is 0 Å². The van der Waals surface area contributed by atoms with Crippen molar-refractivity contribution in [3.05, 3.63) is 48.0 Å². The molecule has 1 atom stereocenters. The van der Waals surface area contributed by atoms with Crippen LogP contribution >= 0.6 is 0 Å². The van der Waals surface area contributed by atoms with E-state index < -0.39 is 0 Å². The van der Waals surface area contributed by atoms with E-state index in [9.17, 15) is 9.90 Å². The predicted octanol–water partition coefficient (Wildman–Crippen LogP) is 3.29. The first-order valence-electron chi connectivity index (χ1n) is 6.28. The molecule has 2 nitrogen and oxygen atoms in total. The third-order valence-electron chi connectivity index (χ3n) is 3.39. The van der Waals surface area contributed by atoms with Crippen molar-refractivity contribution in [1.29, 1.82) is 0 Å². The Bertz CT molecular complexity index is 553. The van der Waals surface area contributed by atoms with Gasteiger partial charge in [-0.1, -0.05) is 56.3 Å². The average Bonchev–Trinajstić information content (AvgIpc) is 2.38. The van der Waals surface area contributed by atoms with Crippen molar-refractivity contribution >= 4 is 16.6 Å². The van der Waals surface area contributed by atoms with Crippen LogP contribution in [0.15, 0.2) is 42.5 Å². The molecule has 0 radical (unpaired) electrons. The molecular formula is C16H18O2. The molecule has 0 amide bonds. The number of rotatable bonds is 4. The molecule has 2 rings (SSSR count). The van der Waals surface area contributed by atoms with Crippen LogP contribution in [0.2, 0.25) is 0 Å². The number of hydrogen-bond donors (Lipinski definition) is 1. The second-order valence-electron chi connectivity index (χ2n) is 4.92. The maximum absolute atomic E-state index is 12.5. The zero-order valence-electron chi connectivity index (χ0n) is 10.8. The van der Waals surface area contributed by atoms with Gasteiger partial charge in [0.25, 0.3) is 0 Å². The molecule has 0 aliphatic heterocycles. The Morgan fingerprint density at radius 1 is 1.11 bits per heavy atom. The number of carbonyl (C=O) groups excluding carboxylic acids is 1. The van der Waals surface area contributed by atoms with Gasteiger partial charge < -0.3 is 5.11 Å². The number of fused-ring (bicyclic) bond motifs is 1. The number of aliphatic hydroxyl groups excluding tert-OH is 1. The van der Waals surface area contributed by atoms with Gasteiger partial charge in [-0.3, -0.25) is 4.79 Å². The van der Waals surface area contributed by atoms with E-state index in [1.165, 1.54) is 0 Å². The van der Waals surface area contributed by atoms with Crippen molar-refractivity contribution < 1.29 is 9.90 Å². The van der Waals surface area contributed by atoms with Gasteiger partial charge >= 0.3 is 0 Å². The molecule has 0 fully saturated rings. The van der Waals surface area contributed by atoms with Gasteiger partial charge in [-0.15, -0.1) is 0 Å². The Hall–Kier alpha value is -1.67. The van der Waals surface area contributed by atoms with E-state index in [1.807, 2.05) is 56.3 Å². The minimum absolute atomic E-state index is 0.0318. The molecule has 1 N–H and O–H groups in total. The number of carbonyl (C=O) groups is 1. The molecule has 0 aliphatic rings. The standard InChI is InChI=1S/C16H18O2/c1-11(2)15(10-17)16(18)14-9-5-7-12-6-3-4-8-13(12)14/h3-9,11,15,17H,10H2,1-2H3. The smallest absolute Gasteiger partial charge is 0.169 e. The summed E-state index contributed by atoms with van der Waals surface area (Å²) in [5.41, 5.74) is 0.709. The number of hydrogen-bond acceptors (Lipinski definition) is 2. The molecule has 0 spiro atoms. The van der Waals surface area contributed by atoms with E-state index in [4.69, 9.17) is 0 Å². The minimum Gasteiger partial charge on any atom is -0.396 e. The highest BCUT2D eigenvalue weighted by molar-refractivity contribution is 6.09. The summed E-state index contributed by atoms with van der Waals surface area (Å²) in [6.45, 7) is 3.83. The molecule has 18 heavy (non-hydrogen) atoms. The third-order valence-corrected chi connectivity index (χ3v) is 3.39. The normalized spacial score (nSPS) is 12.9. The Morgan fingerprint density at radius 2 is 1.78 bits per heavy atom. The second kappa shape index (κ2) is 5.32. The zero-order chi connectivity index (χ0) is 13.1. The summed E-state index contributed by atoms with van der Waals surface area (Å²) in [5, 5.41) is 11.4. The lowest BCUT2D eigenvalue weighted by molar-refractivity contribution is 0.0808. The Labute approximate surface area is 107 Å². The van der Waals surface area contributed by atoms with Crippen LogP contribution in [0, 0.1) is 11.8 Å². The molecule has 2 aromatic rings. The summed E-state index contributed by atoms with van der Waals surface area (Å²) in [4.78, 5) is 12.5. The summed E-state index contributed by atoms with van der Waals surface area (Å²) in [6.07, 6.45) is 0. The average molecular weight is 242 g/mol. The lowest BCUT2D eigenvalue weighted by Gasteiger charge is -2.17. The van der Waals surface area contributed by atoms with Crippen LogP contribution < -0.4 is 0 Å². The van der Waals surface area contributed by atoms with Crippen molar-refractivity contribution in [1.82, 2.24) is 0 Å². The largest absolute Gasteiger partial charge is 0.396 e. The molecular weight excluding hydrogens is 224 g/mol. The first kappa shape index (κ1) is 12.8. The van der Waals surface area contributed by atoms with E-state index in [1.54, 1.807) is 0 Å². The van der Waals surface area contributed by atoms with E-state index in [0.29, 0.717) is 5.56 Å². The highest BCUT2D eigenvalue weighted by atomic mass is 16.3. The number of benzene rings is 2. The highest BCUT2D eigenvalue weighted by Gasteiger charge is 2.23. The fraction of sp³-hybridized carbons (Fsp3) is 0.312. The van der Waals surface area contributed by atoms with Crippen molar-refractivity contribution in [3.8, 4) is 0 Å². The Balaban J connectivity index is 2.51. The molecule has 2 aromatic carbocycles. The lowest BCUT2D eigenvalue weighted by atomic mass is 9.87. The molecule has 0 bridgehead atoms. The first-order valence-corrected chi connectivity index (χ1v) is 6.28. The summed E-state index contributed by atoms with van der Waals surface area (Å²) in [7, 11) is 0. The number of aliphatic hydroxyl groups is 1. The summed E-state index contributed by atoms with van der Waals surface area (Å²) in [6, 6.07) is 13.6. The monoisotopic (exact) mass is 242 g/mol. The van der Waals surface area contributed by atoms with Gasteiger partial charge in [-0.05, 0) is 16.7 Å². The first-order chi connectivity index (χ1) is 8.65. The van der Waals surface area contributed by atoms with Crippen LogP contribution in [0.4, 0.5) is 0 Å². The van der Waals surface area contributed by atoms with E-state index in [-0.39, 0.29) is 24.2 Å². The minimum atomic E-state index is -0.323. The summed E-state index contributed by atoms with van der Waals surface area (Å²) < 4.78 is 0. The van der Waals surface area contributed by atoms with Crippen molar-refractivity contribution in [2.45, 2.75) is 13.8 Å². The van der Waals surface area contributed by atoms with Crippen LogP contribution in [0.1, 0.15) is 24.2 Å². The molecule has 0 heterocycles. The molecule has 0 aromatic heterocycles. The van der Waals surface area contributed by atoms with Gasteiger partial charge in [0.1, 0.15) is 0 Å². The Morgan fingerprint density at radius 3 is 2.44 bits per heavy atom. The Kier molecular flexibility index (Phi) is 3.78. The van der Waals surface area contributed by atoms with E-state index in [2.05, 4.69) is 0 Å². The van der Waals surface area contributed by atoms with Gasteiger partial charge in [-0.2, -0.15) is 0 Å². The van der Waals surface area contributed by atoms with Gasteiger partial charge in [0, 0.05) is 11.5 Å². The van der Waals surface area contributed by atoms with Crippen LogP contribution in [-0.4, -0.2) is 17.5 Å². The zero-order valence-corrected chi connectivity index (χ0v) is 10.8. The SMILES string of the molecule is CC(C)C(CO)C(=O)c1cccc2ccccc12. The summed E-state index contributed by atoms with van der Waals surface area (Å²) >= 11 is 0. The van der Waals surface area contributed by atoms with Gasteiger partial charge in [-0.25, -0.2) is 0 Å². The molecule has 94 valence electrons. The maximum atomic E-state index is 12.5. The topological polar surface area (TPSA) is 37.3 Å². The van der Waals surface area contributed by atoms with Crippen molar-refractivity contribution in [3.63, 3.8) is 0 Å². The van der Waals surface area contributed by atoms with Crippen LogP contribution in [-0.2, 0) is 0 Å².